The van der Waals surface area contributed by atoms with Gasteiger partial charge < -0.3 is 40.0 Å². The third-order valence-corrected chi connectivity index (χ3v) is 13.1. The minimum atomic E-state index is -5.09. The number of nitriles is 1. The van der Waals surface area contributed by atoms with Gasteiger partial charge in [0.25, 0.3) is 5.91 Å². The summed E-state index contributed by atoms with van der Waals surface area (Å²) in [4.78, 5) is 103. The number of hydrogen-bond donors (Lipinski definition) is 3. The molecule has 4 rings (SSSR count). The SMILES string of the molecule is CC(C)C[C@@H]1NC(=O)[C@H](CC(C)C)N(C)C(=O)[C@H](CC(F)(F)F)NC(=O)[C@@H](CCC#N)OC(=O)[C@H](C)N(C)C(=O)[C@H](CCC(F)(F)F)NC(=O)[C@H](Cc2cn(Cc3ccc(Br)cc3)c3ccccc23)N(C)C1=O. The van der Waals surface area contributed by atoms with Gasteiger partial charge in [-0.15, -0.1) is 0 Å². The highest BCUT2D eigenvalue weighted by molar-refractivity contribution is 9.10. The molecule has 16 nitrogen and oxygen atoms in total. The highest BCUT2D eigenvalue weighted by atomic mass is 79.9. The van der Waals surface area contributed by atoms with Crippen molar-refractivity contribution in [3.05, 3.63) is 70.3 Å². The van der Waals surface area contributed by atoms with Crippen LogP contribution in [0.25, 0.3) is 10.9 Å². The Labute approximate surface area is 428 Å². The van der Waals surface area contributed by atoms with Crippen LogP contribution in [0.3, 0.4) is 0 Å². The molecule has 400 valence electrons. The molecule has 1 fully saturated rings. The second-order valence-corrected chi connectivity index (χ2v) is 20.1. The molecule has 0 bridgehead atoms. The molecule has 1 aliphatic heterocycles. The second kappa shape index (κ2) is 25.7. The van der Waals surface area contributed by atoms with E-state index < -0.39 is 128 Å². The van der Waals surface area contributed by atoms with Gasteiger partial charge in [-0.1, -0.05) is 74.0 Å². The maximum Gasteiger partial charge on any atom is 0.391 e. The monoisotopic (exact) mass is 1100 g/mol. The van der Waals surface area contributed by atoms with Crippen molar-refractivity contribution in [1.29, 1.82) is 5.26 Å². The summed E-state index contributed by atoms with van der Waals surface area (Å²) in [5.41, 5.74) is 2.13. The number of alkyl halides is 6. The fraction of sp³-hybridized carbons (Fsp3) is 0.560. The Morgan fingerprint density at radius 1 is 0.699 bits per heavy atom. The maximum absolute atomic E-state index is 15.0. The molecule has 0 aliphatic carbocycles. The lowest BCUT2D eigenvalue weighted by molar-refractivity contribution is -0.166. The van der Waals surface area contributed by atoms with Crippen molar-refractivity contribution in [3.8, 4) is 6.07 Å². The summed E-state index contributed by atoms with van der Waals surface area (Å²) in [5.74, 6) is -9.11. The topological polar surface area (TPSA) is 203 Å². The van der Waals surface area contributed by atoms with E-state index in [9.17, 15) is 65.2 Å². The number of carbonyl (C=O) groups is 7. The Bertz CT molecular complexity index is 2490. The first-order valence-corrected chi connectivity index (χ1v) is 24.5. The number of para-hydroxylation sites is 1. The second-order valence-electron chi connectivity index (χ2n) is 19.2. The molecule has 0 unspecified atom stereocenters. The highest BCUT2D eigenvalue weighted by Gasteiger charge is 2.44. The average Bonchev–Trinajstić information content (AvgIpc) is 3.65. The molecule has 23 heteroatoms. The van der Waals surface area contributed by atoms with Crippen LogP contribution >= 0.6 is 15.9 Å². The molecular weight excluding hydrogens is 1030 g/mol. The van der Waals surface area contributed by atoms with Gasteiger partial charge in [0.05, 0.1) is 12.5 Å². The number of esters is 1. The summed E-state index contributed by atoms with van der Waals surface area (Å²) >= 11 is 3.43. The third-order valence-electron chi connectivity index (χ3n) is 12.5. The van der Waals surface area contributed by atoms with E-state index in [1.807, 2.05) is 40.2 Å². The van der Waals surface area contributed by atoms with E-state index in [1.165, 1.54) is 7.05 Å². The highest BCUT2D eigenvalue weighted by Crippen LogP contribution is 2.28. The maximum atomic E-state index is 15.0. The molecule has 3 N–H and O–H groups in total. The Hall–Kier alpha value is -6.18. The minimum Gasteiger partial charge on any atom is -0.451 e. The molecule has 3 aromatic rings. The number of nitrogens with zero attached hydrogens (tertiary/aromatic N) is 5. The van der Waals surface area contributed by atoms with Crippen molar-refractivity contribution < 1.29 is 64.6 Å². The number of rotatable bonds is 13. The summed E-state index contributed by atoms with van der Waals surface area (Å²) in [6, 6.07) is 5.64. The van der Waals surface area contributed by atoms with Crippen LogP contribution in [0.5, 0.6) is 0 Å². The fourth-order valence-corrected chi connectivity index (χ4v) is 8.73. The summed E-state index contributed by atoms with van der Waals surface area (Å²) in [7, 11) is 3.30. The number of nitrogens with one attached hydrogen (secondary N) is 3. The van der Waals surface area contributed by atoms with Gasteiger partial charge in [-0.2, -0.15) is 31.6 Å². The van der Waals surface area contributed by atoms with E-state index in [0.717, 1.165) is 46.4 Å². The van der Waals surface area contributed by atoms with Crippen molar-refractivity contribution in [2.45, 2.75) is 147 Å². The molecule has 0 saturated carbocycles. The zero-order valence-electron chi connectivity index (χ0n) is 41.9. The summed E-state index contributed by atoms with van der Waals surface area (Å²) in [5, 5.41) is 17.0. The average molecular weight is 1100 g/mol. The van der Waals surface area contributed by atoms with Crippen LogP contribution < -0.4 is 16.0 Å². The van der Waals surface area contributed by atoms with E-state index in [1.54, 1.807) is 58.2 Å². The number of cyclic esters (lactones) is 1. The van der Waals surface area contributed by atoms with Crippen LogP contribution in [0.4, 0.5) is 26.3 Å². The summed E-state index contributed by atoms with van der Waals surface area (Å²) in [6.07, 6.45) is -16.4. The van der Waals surface area contributed by atoms with Crippen molar-refractivity contribution in [1.82, 2.24) is 35.2 Å². The van der Waals surface area contributed by atoms with E-state index in [2.05, 4.69) is 26.6 Å². The van der Waals surface area contributed by atoms with Crippen LogP contribution in [-0.2, 0) is 51.3 Å². The quantitative estimate of drug-likeness (QED) is 0.125. The van der Waals surface area contributed by atoms with E-state index in [0.29, 0.717) is 22.4 Å². The standard InChI is InChI=1S/C50H63BrF6N8O8/c1-28(2)22-36-46(70)64(8)40(24-32-27-65(38-13-10-9-12-34(32)38)26-31-15-17-33(51)18-16-31)43(67)59-35(19-20-49(52,53)54)45(69)62(6)30(5)48(72)73-41(14-11-21-58)44(68)61-37(25-50(55,56)57)47(71)63(7)39(23-29(3)4)42(66)60-36/h9-10,12-13,15-18,27-30,35-37,39-41H,11,14,19-20,22-26H2,1-8H3,(H,59,67)(H,60,66)(H,61,68)/t30-,35-,36-,37-,39-,40-,41+/m0/s1. The van der Waals surface area contributed by atoms with Crippen LogP contribution in [0.15, 0.2) is 59.2 Å². The zero-order valence-corrected chi connectivity index (χ0v) is 43.5. The number of likely N-dealkylation sites (N-methyl/N-ethyl adjacent to an activating group) is 3. The number of carbonyl (C=O) groups excluding carboxylic acids is 7. The normalized spacial score (nSPS) is 23.0. The molecule has 2 aromatic carbocycles. The molecular formula is C50H63BrF6N8O8. The lowest BCUT2D eigenvalue weighted by Gasteiger charge is -2.35. The molecule has 1 aliphatic rings. The first-order chi connectivity index (χ1) is 34.0. The minimum absolute atomic E-state index is 0.0813. The van der Waals surface area contributed by atoms with Crippen LogP contribution in [0.2, 0.25) is 0 Å². The van der Waals surface area contributed by atoms with E-state index >= 15 is 0 Å². The molecule has 7 atom stereocenters. The number of amides is 6. The largest absolute Gasteiger partial charge is 0.451 e. The Kier molecular flexibility index (Phi) is 20.9. The first-order valence-electron chi connectivity index (χ1n) is 23.7. The first kappa shape index (κ1) is 59.4. The van der Waals surface area contributed by atoms with E-state index in [-0.39, 0.29) is 31.1 Å². The molecule has 0 spiro atoms. The number of aromatic nitrogens is 1. The van der Waals surface area contributed by atoms with Crippen molar-refractivity contribution in [2.75, 3.05) is 21.1 Å². The molecule has 2 heterocycles. The van der Waals surface area contributed by atoms with Crippen molar-refractivity contribution >= 4 is 68.2 Å². The van der Waals surface area contributed by atoms with Crippen molar-refractivity contribution in [3.63, 3.8) is 0 Å². The van der Waals surface area contributed by atoms with Gasteiger partial charge in [0.1, 0.15) is 36.3 Å². The predicted molar refractivity (Wildman–Crippen MR) is 260 cm³/mol. The Balaban J connectivity index is 1.95. The third kappa shape index (κ3) is 16.9. The van der Waals surface area contributed by atoms with Gasteiger partial charge in [0, 0.05) is 74.9 Å². The lowest BCUT2D eigenvalue weighted by Crippen LogP contribution is -2.60. The van der Waals surface area contributed by atoms with Gasteiger partial charge in [-0.05, 0) is 67.3 Å². The van der Waals surface area contributed by atoms with Crippen LogP contribution in [0.1, 0.15) is 90.7 Å². The predicted octanol–water partition coefficient (Wildman–Crippen LogP) is 6.57. The molecule has 0 radical (unpaired) electrons. The Morgan fingerprint density at radius 2 is 1.25 bits per heavy atom. The zero-order chi connectivity index (χ0) is 54.7. The van der Waals surface area contributed by atoms with Gasteiger partial charge in [0.15, 0.2) is 6.10 Å². The molecule has 1 aromatic heterocycles. The van der Waals surface area contributed by atoms with E-state index in [4.69, 9.17) is 4.74 Å². The number of benzene rings is 2. The number of ether oxygens (including phenoxy) is 1. The fourth-order valence-electron chi connectivity index (χ4n) is 8.47. The number of fused-ring (bicyclic) bond motifs is 1. The van der Waals surface area contributed by atoms with Crippen LogP contribution in [-0.4, -0.2) is 137 Å². The lowest BCUT2D eigenvalue weighted by atomic mass is 9.97. The number of hydrogen-bond acceptors (Lipinski definition) is 9. The smallest absolute Gasteiger partial charge is 0.391 e. The van der Waals surface area contributed by atoms with Gasteiger partial charge in [-0.25, -0.2) is 4.79 Å². The number of halogens is 7. The molecule has 6 amide bonds. The summed E-state index contributed by atoms with van der Waals surface area (Å²) < 4.78 is 92.5. The van der Waals surface area contributed by atoms with Crippen molar-refractivity contribution in [2.24, 2.45) is 11.8 Å². The Morgan fingerprint density at radius 3 is 1.84 bits per heavy atom. The van der Waals surface area contributed by atoms with Gasteiger partial charge >= 0.3 is 18.3 Å². The van der Waals surface area contributed by atoms with Gasteiger partial charge in [0.2, 0.25) is 29.5 Å². The summed E-state index contributed by atoms with van der Waals surface area (Å²) in [6.45, 7) is 8.23. The molecule has 73 heavy (non-hydrogen) atoms. The molecule has 1 saturated heterocycles. The van der Waals surface area contributed by atoms with Gasteiger partial charge in [-0.3, -0.25) is 28.8 Å². The van der Waals surface area contributed by atoms with Crippen LogP contribution in [0, 0.1) is 23.2 Å².